The number of carbonyl (C=O) groups excluding carboxylic acids is 1. The summed E-state index contributed by atoms with van der Waals surface area (Å²) in [6.07, 6.45) is 3.06. The van der Waals surface area contributed by atoms with E-state index in [9.17, 15) is 4.79 Å². The summed E-state index contributed by atoms with van der Waals surface area (Å²) < 4.78 is 1.69. The van der Waals surface area contributed by atoms with E-state index < -0.39 is 0 Å². The van der Waals surface area contributed by atoms with E-state index in [0.717, 1.165) is 30.7 Å². The lowest BCUT2D eigenvalue weighted by Crippen LogP contribution is -2.15. The summed E-state index contributed by atoms with van der Waals surface area (Å²) in [6.45, 7) is 3.56. The number of hydrogen-bond donors (Lipinski definition) is 0. The Balaban J connectivity index is 1.82. The molecular weight excluding hydrogens is 356 g/mol. The van der Waals surface area contributed by atoms with E-state index in [1.54, 1.807) is 4.68 Å². The fraction of sp³-hybridized carbons (Fsp3) is 0.238. The number of rotatable bonds is 3. The molecule has 27 heavy (non-hydrogen) atoms. The molecule has 2 aromatic carbocycles. The van der Waals surface area contributed by atoms with Crippen molar-refractivity contribution in [2.24, 2.45) is 10.2 Å². The zero-order valence-corrected chi connectivity index (χ0v) is 16.2. The van der Waals surface area contributed by atoms with Crippen LogP contribution in [0.1, 0.15) is 46.3 Å². The van der Waals surface area contributed by atoms with Crippen LogP contribution < -0.4 is 4.80 Å². The minimum Gasteiger partial charge on any atom is -0.292 e. The topological polar surface area (TPSA) is 59.6 Å². The van der Waals surface area contributed by atoms with Crippen LogP contribution >= 0.6 is 11.3 Å². The van der Waals surface area contributed by atoms with E-state index in [2.05, 4.69) is 33.5 Å². The maximum absolute atomic E-state index is 11.8. The van der Waals surface area contributed by atoms with Gasteiger partial charge in [0.1, 0.15) is 0 Å². The molecule has 1 aromatic heterocycles. The van der Waals surface area contributed by atoms with Crippen molar-refractivity contribution in [2.75, 3.05) is 0 Å². The van der Waals surface area contributed by atoms with Crippen LogP contribution in [0.5, 0.6) is 0 Å². The highest BCUT2D eigenvalue weighted by molar-refractivity contribution is 7.10. The van der Waals surface area contributed by atoms with Crippen LogP contribution in [-0.2, 0) is 6.42 Å². The van der Waals surface area contributed by atoms with Crippen LogP contribution in [0.25, 0.3) is 5.69 Å². The lowest BCUT2D eigenvalue weighted by atomic mass is 9.90. The van der Waals surface area contributed by atoms with Gasteiger partial charge in [0.2, 0.25) is 4.80 Å². The molecule has 0 bridgehead atoms. The van der Waals surface area contributed by atoms with E-state index in [0.29, 0.717) is 9.81 Å². The van der Waals surface area contributed by atoms with Gasteiger partial charge < -0.3 is 0 Å². The van der Waals surface area contributed by atoms with Crippen molar-refractivity contribution in [1.82, 2.24) is 9.78 Å². The Hall–Kier alpha value is -2.86. The third-order valence-corrected chi connectivity index (χ3v) is 5.58. The molecule has 0 amide bonds. The predicted octanol–water partition coefficient (Wildman–Crippen LogP) is 4.09. The van der Waals surface area contributed by atoms with Crippen molar-refractivity contribution >= 4 is 22.8 Å². The van der Waals surface area contributed by atoms with Crippen molar-refractivity contribution in [1.29, 1.82) is 0 Å². The largest absolute Gasteiger partial charge is 0.292 e. The number of hydrogen-bond acceptors (Lipinski definition) is 5. The number of ketones is 1. The van der Waals surface area contributed by atoms with Gasteiger partial charge in [0, 0.05) is 12.5 Å². The van der Waals surface area contributed by atoms with Crippen LogP contribution in [-0.4, -0.2) is 21.3 Å². The van der Waals surface area contributed by atoms with Gasteiger partial charge in [0.05, 0.1) is 11.4 Å². The normalized spacial score (nSPS) is 15.8. The predicted molar refractivity (Wildman–Crippen MR) is 108 cm³/mol. The summed E-state index contributed by atoms with van der Waals surface area (Å²) in [6, 6.07) is 16.3. The van der Waals surface area contributed by atoms with Crippen molar-refractivity contribution in [2.45, 2.75) is 33.1 Å². The van der Waals surface area contributed by atoms with Gasteiger partial charge in [-0.3, -0.25) is 4.79 Å². The number of fused-ring (bicyclic) bond motifs is 1. The van der Waals surface area contributed by atoms with Gasteiger partial charge in [-0.1, -0.05) is 53.3 Å². The molecule has 0 radical (unpaired) electrons. The highest BCUT2D eigenvalue weighted by atomic mass is 32.1. The molecule has 1 aliphatic carbocycles. The molecule has 0 aliphatic heterocycles. The third kappa shape index (κ3) is 3.66. The molecule has 0 saturated heterocycles. The molecule has 136 valence electrons. The summed E-state index contributed by atoms with van der Waals surface area (Å²) in [5, 5.41) is 13.9. The molecule has 6 heteroatoms. The quantitative estimate of drug-likeness (QED) is 0.511. The van der Waals surface area contributed by atoms with Gasteiger partial charge in [0.25, 0.3) is 0 Å². The monoisotopic (exact) mass is 376 g/mol. The Bertz CT molecular complexity index is 1090. The summed E-state index contributed by atoms with van der Waals surface area (Å²) in [5.41, 5.74) is 5.51. The van der Waals surface area contributed by atoms with Crippen molar-refractivity contribution < 1.29 is 4.79 Å². The molecule has 0 spiro atoms. The lowest BCUT2D eigenvalue weighted by Gasteiger charge is -2.16. The van der Waals surface area contributed by atoms with Gasteiger partial charge in [0.15, 0.2) is 10.8 Å². The Morgan fingerprint density at radius 3 is 2.63 bits per heavy atom. The minimum absolute atomic E-state index is 0.0713. The average Bonchev–Trinajstić information content (AvgIpc) is 3.11. The van der Waals surface area contributed by atoms with E-state index in [4.69, 9.17) is 0 Å². The molecule has 0 unspecified atom stereocenters. The fourth-order valence-electron chi connectivity index (χ4n) is 3.15. The smallest absolute Gasteiger partial charge is 0.233 e. The number of carbonyl (C=O) groups is 1. The fourth-order valence-corrected chi connectivity index (χ4v) is 3.90. The van der Waals surface area contributed by atoms with Crippen LogP contribution in [0.3, 0.4) is 0 Å². The van der Waals surface area contributed by atoms with Gasteiger partial charge in [-0.25, -0.2) is 4.68 Å². The van der Waals surface area contributed by atoms with Crippen molar-refractivity contribution in [3.05, 3.63) is 75.0 Å². The Kier molecular flexibility index (Phi) is 4.81. The zero-order valence-electron chi connectivity index (χ0n) is 15.3. The first kappa shape index (κ1) is 17.5. The highest BCUT2D eigenvalue weighted by Crippen LogP contribution is 2.21. The first-order chi connectivity index (χ1) is 13.1. The molecule has 1 aliphatic rings. The number of nitrogens with zero attached hydrogens (tertiary/aromatic N) is 4. The molecule has 0 fully saturated rings. The van der Waals surface area contributed by atoms with Crippen molar-refractivity contribution in [3.63, 3.8) is 0 Å². The molecular formula is C21H20N4OS. The maximum Gasteiger partial charge on any atom is 0.233 e. The molecule has 0 saturated carbocycles. The second-order valence-electron chi connectivity index (χ2n) is 6.65. The first-order valence-electron chi connectivity index (χ1n) is 8.99. The summed E-state index contributed by atoms with van der Waals surface area (Å²) >= 11 is 1.27. The highest BCUT2D eigenvalue weighted by Gasteiger charge is 2.15. The minimum atomic E-state index is -0.0713. The van der Waals surface area contributed by atoms with Crippen LogP contribution in [0, 0.1) is 6.92 Å². The number of aryl methyl sites for hydroxylation is 2. The van der Waals surface area contributed by atoms with Crippen molar-refractivity contribution in [3.8, 4) is 5.69 Å². The maximum atomic E-state index is 11.8. The van der Waals surface area contributed by atoms with E-state index in [1.165, 1.54) is 35.0 Å². The molecule has 0 atom stereocenters. The summed E-state index contributed by atoms with van der Waals surface area (Å²) in [4.78, 5) is 12.4. The van der Waals surface area contributed by atoms with Gasteiger partial charge in [-0.2, -0.15) is 10.2 Å². The summed E-state index contributed by atoms with van der Waals surface area (Å²) in [7, 11) is 0. The van der Waals surface area contributed by atoms with Crippen LogP contribution in [0.4, 0.5) is 0 Å². The number of benzene rings is 2. The Labute approximate surface area is 161 Å². The van der Waals surface area contributed by atoms with Crippen LogP contribution in [0.15, 0.2) is 58.7 Å². The van der Waals surface area contributed by atoms with Gasteiger partial charge in [-0.15, -0.1) is 5.10 Å². The first-order valence-corrected chi connectivity index (χ1v) is 9.80. The van der Waals surface area contributed by atoms with E-state index >= 15 is 0 Å². The standard InChI is InChI=1S/C21H20N4OS/c1-14-10-12-17(13-11-14)25-21(27-20(24-25)15(2)26)23-22-19-9-5-7-16-6-3-4-8-18(16)19/h3-4,6,8,10-13H,5,7,9H2,1-2H3/b22-19+,23-21-. The second-order valence-corrected chi connectivity index (χ2v) is 7.61. The SMILES string of the molecule is CC(=O)c1nn(-c2ccc(C)cc2)/c(=N/N=C2\CCCc3ccccc32)s1. The Morgan fingerprint density at radius 1 is 1.07 bits per heavy atom. The number of Topliss-reactive ketones (excluding diaryl/α,β-unsaturated/α-hetero) is 1. The number of aromatic nitrogens is 2. The van der Waals surface area contributed by atoms with E-state index in [1.807, 2.05) is 37.3 Å². The third-order valence-electron chi connectivity index (χ3n) is 4.58. The zero-order chi connectivity index (χ0) is 18.8. The summed E-state index contributed by atoms with van der Waals surface area (Å²) in [5.74, 6) is -0.0713. The Morgan fingerprint density at radius 2 is 1.85 bits per heavy atom. The second kappa shape index (κ2) is 7.40. The van der Waals surface area contributed by atoms with E-state index in [-0.39, 0.29) is 5.78 Å². The molecule has 1 heterocycles. The average molecular weight is 376 g/mol. The lowest BCUT2D eigenvalue weighted by molar-refractivity contribution is 0.101. The molecule has 5 nitrogen and oxygen atoms in total. The molecule has 0 N–H and O–H groups in total. The van der Waals surface area contributed by atoms with Gasteiger partial charge >= 0.3 is 0 Å². The molecule has 4 rings (SSSR count). The molecule has 3 aromatic rings. The van der Waals surface area contributed by atoms with Gasteiger partial charge in [-0.05, 0) is 43.9 Å². The van der Waals surface area contributed by atoms with Crippen LogP contribution in [0.2, 0.25) is 0 Å².